The van der Waals surface area contributed by atoms with E-state index >= 15 is 0 Å². The molecule has 2 aromatic heterocycles. The molecule has 102 valence electrons. The van der Waals surface area contributed by atoms with Gasteiger partial charge < -0.3 is 5.11 Å². The smallest absolute Gasteiger partial charge is 0.241 e. The van der Waals surface area contributed by atoms with Gasteiger partial charge in [0.15, 0.2) is 0 Å². The highest BCUT2D eigenvalue weighted by Gasteiger charge is 2.16. The fourth-order valence-electron chi connectivity index (χ4n) is 1.53. The van der Waals surface area contributed by atoms with Crippen molar-refractivity contribution in [2.45, 2.75) is 25.0 Å². The zero-order valence-electron chi connectivity index (χ0n) is 10.3. The maximum atomic E-state index is 12.0. The lowest BCUT2D eigenvalue weighted by atomic mass is 10.2. The fraction of sp³-hybridized carbons (Fsp3) is 0.250. The van der Waals surface area contributed by atoms with Crippen LogP contribution in [0.25, 0.3) is 0 Å². The number of thiophene rings is 1. The van der Waals surface area contributed by atoms with Gasteiger partial charge in [-0.05, 0) is 24.6 Å². The van der Waals surface area contributed by atoms with E-state index in [0.29, 0.717) is 10.6 Å². The standard InChI is InChI=1S/C12H14N2O3S2/c1-9-3-2-4-13-12(9)6-14-19(16,17)11-5-10(7-15)18-8-11/h2-5,8,14-15H,6-7H2,1H3. The lowest BCUT2D eigenvalue weighted by molar-refractivity contribution is 0.285. The molecule has 0 spiro atoms. The van der Waals surface area contributed by atoms with Crippen LogP contribution in [0.1, 0.15) is 16.1 Å². The van der Waals surface area contributed by atoms with Gasteiger partial charge in [-0.15, -0.1) is 11.3 Å². The zero-order chi connectivity index (χ0) is 13.9. The molecule has 0 aliphatic rings. The summed E-state index contributed by atoms with van der Waals surface area (Å²) >= 11 is 1.22. The number of hydrogen-bond acceptors (Lipinski definition) is 5. The van der Waals surface area contributed by atoms with Gasteiger partial charge in [0.05, 0.1) is 23.7 Å². The van der Waals surface area contributed by atoms with Gasteiger partial charge in [-0.25, -0.2) is 13.1 Å². The topological polar surface area (TPSA) is 79.3 Å². The third-order valence-corrected chi connectivity index (χ3v) is 5.09. The average Bonchev–Trinajstić information content (AvgIpc) is 2.87. The van der Waals surface area contributed by atoms with Gasteiger partial charge in [0, 0.05) is 16.5 Å². The molecule has 2 aromatic rings. The zero-order valence-corrected chi connectivity index (χ0v) is 12.0. The molecule has 0 aliphatic heterocycles. The van der Waals surface area contributed by atoms with Crippen molar-refractivity contribution < 1.29 is 13.5 Å². The first-order valence-corrected chi connectivity index (χ1v) is 7.97. The molecule has 7 heteroatoms. The maximum Gasteiger partial charge on any atom is 0.241 e. The molecule has 0 saturated heterocycles. The first kappa shape index (κ1) is 14.1. The van der Waals surface area contributed by atoms with E-state index in [1.165, 1.54) is 22.8 Å². The number of nitrogens with one attached hydrogen (secondary N) is 1. The summed E-state index contributed by atoms with van der Waals surface area (Å²) in [6, 6.07) is 5.16. The molecule has 0 saturated carbocycles. The Morgan fingerprint density at radius 3 is 2.89 bits per heavy atom. The molecule has 0 aromatic carbocycles. The summed E-state index contributed by atoms with van der Waals surface area (Å²) in [5, 5.41) is 10.5. The second-order valence-electron chi connectivity index (χ2n) is 4.00. The van der Waals surface area contributed by atoms with Crippen molar-refractivity contribution in [2.75, 3.05) is 0 Å². The number of aryl methyl sites for hydroxylation is 1. The van der Waals surface area contributed by atoms with Gasteiger partial charge in [0.25, 0.3) is 0 Å². The monoisotopic (exact) mass is 298 g/mol. The molecule has 0 radical (unpaired) electrons. The number of hydrogen-bond donors (Lipinski definition) is 2. The van der Waals surface area contributed by atoms with E-state index < -0.39 is 10.0 Å². The second kappa shape index (κ2) is 5.79. The lowest BCUT2D eigenvalue weighted by Gasteiger charge is -2.06. The summed E-state index contributed by atoms with van der Waals surface area (Å²) in [4.78, 5) is 4.93. The van der Waals surface area contributed by atoms with Crippen LogP contribution in [0.3, 0.4) is 0 Å². The number of aliphatic hydroxyl groups excluding tert-OH is 1. The third-order valence-electron chi connectivity index (χ3n) is 2.64. The Balaban J connectivity index is 2.12. The largest absolute Gasteiger partial charge is 0.391 e. The Morgan fingerprint density at radius 2 is 2.26 bits per heavy atom. The van der Waals surface area contributed by atoms with Crippen molar-refractivity contribution in [3.8, 4) is 0 Å². The van der Waals surface area contributed by atoms with Crippen LogP contribution < -0.4 is 4.72 Å². The molecule has 0 atom stereocenters. The lowest BCUT2D eigenvalue weighted by Crippen LogP contribution is -2.23. The Labute approximate surface area is 116 Å². The highest BCUT2D eigenvalue weighted by molar-refractivity contribution is 7.89. The summed E-state index contributed by atoms with van der Waals surface area (Å²) in [6.07, 6.45) is 1.63. The minimum atomic E-state index is -3.56. The van der Waals surface area contributed by atoms with E-state index in [9.17, 15) is 8.42 Å². The van der Waals surface area contributed by atoms with Crippen LogP contribution >= 0.6 is 11.3 Å². The Hall–Kier alpha value is -1.28. The summed E-state index contributed by atoms with van der Waals surface area (Å²) in [6.45, 7) is 1.88. The van der Waals surface area contributed by atoms with E-state index in [0.717, 1.165) is 5.56 Å². The number of sulfonamides is 1. The first-order valence-electron chi connectivity index (χ1n) is 5.61. The summed E-state index contributed by atoms with van der Waals surface area (Å²) in [5.41, 5.74) is 1.63. The van der Waals surface area contributed by atoms with Crippen LogP contribution in [0.2, 0.25) is 0 Å². The molecule has 2 heterocycles. The first-order chi connectivity index (χ1) is 9.03. The molecular formula is C12H14N2O3S2. The van der Waals surface area contributed by atoms with Crippen molar-refractivity contribution in [3.05, 3.63) is 45.9 Å². The average molecular weight is 298 g/mol. The molecule has 2 rings (SSSR count). The Bertz CT molecular complexity index is 665. The third kappa shape index (κ3) is 3.38. The number of pyridine rings is 1. The highest BCUT2D eigenvalue weighted by atomic mass is 32.2. The molecule has 0 amide bonds. The van der Waals surface area contributed by atoms with E-state index in [-0.39, 0.29) is 18.0 Å². The van der Waals surface area contributed by atoms with Crippen molar-refractivity contribution in [3.63, 3.8) is 0 Å². The van der Waals surface area contributed by atoms with E-state index in [1.54, 1.807) is 12.3 Å². The van der Waals surface area contributed by atoms with Crippen LogP contribution in [0, 0.1) is 6.92 Å². The fourth-order valence-corrected chi connectivity index (χ4v) is 3.66. The summed E-state index contributed by atoms with van der Waals surface area (Å²) in [5.74, 6) is 0. The maximum absolute atomic E-state index is 12.0. The second-order valence-corrected chi connectivity index (χ2v) is 6.76. The van der Waals surface area contributed by atoms with Gasteiger partial charge in [-0.3, -0.25) is 4.98 Å². The van der Waals surface area contributed by atoms with Crippen LogP contribution in [0.4, 0.5) is 0 Å². The van der Waals surface area contributed by atoms with E-state index in [1.807, 2.05) is 13.0 Å². The molecule has 2 N–H and O–H groups in total. The molecule has 5 nitrogen and oxygen atoms in total. The predicted octanol–water partition coefficient (Wildman–Crippen LogP) is 1.42. The SMILES string of the molecule is Cc1cccnc1CNS(=O)(=O)c1csc(CO)c1. The van der Waals surface area contributed by atoms with Gasteiger partial charge in [-0.1, -0.05) is 6.07 Å². The molecular weight excluding hydrogens is 284 g/mol. The summed E-state index contributed by atoms with van der Waals surface area (Å²) < 4.78 is 26.6. The van der Waals surface area contributed by atoms with Crippen molar-refractivity contribution in [1.82, 2.24) is 9.71 Å². The van der Waals surface area contributed by atoms with Gasteiger partial charge >= 0.3 is 0 Å². The van der Waals surface area contributed by atoms with E-state index in [2.05, 4.69) is 9.71 Å². The highest BCUT2D eigenvalue weighted by Crippen LogP contribution is 2.19. The van der Waals surface area contributed by atoms with Gasteiger partial charge in [-0.2, -0.15) is 0 Å². The number of nitrogens with zero attached hydrogens (tertiary/aromatic N) is 1. The number of rotatable bonds is 5. The predicted molar refractivity (Wildman–Crippen MR) is 73.2 cm³/mol. The Morgan fingerprint density at radius 1 is 1.47 bits per heavy atom. The minimum absolute atomic E-state index is 0.152. The molecule has 0 fully saturated rings. The van der Waals surface area contributed by atoms with Gasteiger partial charge in [0.2, 0.25) is 10.0 Å². The van der Waals surface area contributed by atoms with Crippen molar-refractivity contribution in [1.29, 1.82) is 0 Å². The van der Waals surface area contributed by atoms with Crippen molar-refractivity contribution in [2.24, 2.45) is 0 Å². The van der Waals surface area contributed by atoms with E-state index in [4.69, 9.17) is 5.11 Å². The van der Waals surface area contributed by atoms with Crippen LogP contribution in [-0.4, -0.2) is 18.5 Å². The van der Waals surface area contributed by atoms with Crippen LogP contribution in [-0.2, 0) is 23.2 Å². The minimum Gasteiger partial charge on any atom is -0.391 e. The normalized spacial score (nSPS) is 11.7. The molecule has 19 heavy (non-hydrogen) atoms. The number of aliphatic hydroxyl groups is 1. The quantitative estimate of drug-likeness (QED) is 0.875. The van der Waals surface area contributed by atoms with Gasteiger partial charge in [0.1, 0.15) is 0 Å². The molecule has 0 bridgehead atoms. The molecule has 0 aliphatic carbocycles. The number of aromatic nitrogens is 1. The van der Waals surface area contributed by atoms with Crippen molar-refractivity contribution >= 4 is 21.4 Å². The molecule has 0 unspecified atom stereocenters. The summed E-state index contributed by atoms with van der Waals surface area (Å²) in [7, 11) is -3.56. The van der Waals surface area contributed by atoms with Crippen LogP contribution in [0.15, 0.2) is 34.7 Å². The Kier molecular flexibility index (Phi) is 4.31. The van der Waals surface area contributed by atoms with Crippen LogP contribution in [0.5, 0.6) is 0 Å².